The third kappa shape index (κ3) is 6.35. The van der Waals surface area contributed by atoms with E-state index in [1.807, 2.05) is 85.1 Å². The number of nitrogens with zero attached hydrogens (tertiary/aromatic N) is 5. The number of benzene rings is 4. The third-order valence-electron chi connectivity index (χ3n) is 9.79. The van der Waals surface area contributed by atoms with Crippen molar-refractivity contribution in [3.8, 4) is 34.0 Å². The van der Waals surface area contributed by atoms with Gasteiger partial charge in [-0.15, -0.1) is 23.8 Å². The van der Waals surface area contributed by atoms with E-state index in [0.717, 1.165) is 59.4 Å². The Morgan fingerprint density at radius 2 is 1.14 bits per heavy atom. The van der Waals surface area contributed by atoms with Crippen molar-refractivity contribution in [1.29, 1.82) is 0 Å². The van der Waals surface area contributed by atoms with Crippen LogP contribution in [0.25, 0.3) is 34.0 Å². The fraction of sp³-hybridized carbons (Fsp3) is 0.238. The largest absolute Gasteiger partial charge is 0.370 e. The fourth-order valence-corrected chi connectivity index (χ4v) is 6.96. The average molecular weight is 823 g/mol. The number of para-hydroxylation sites is 2. The monoisotopic (exact) mass is 823 g/mol. The van der Waals surface area contributed by atoms with Gasteiger partial charge in [-0.05, 0) is 55.6 Å². The molecule has 1 aliphatic heterocycles. The molecule has 0 fully saturated rings. The summed E-state index contributed by atoms with van der Waals surface area (Å²) in [5.74, 6) is 1.67. The van der Waals surface area contributed by atoms with E-state index in [0.29, 0.717) is 17.6 Å². The Kier molecular flexibility index (Phi) is 10.2. The van der Waals surface area contributed by atoms with Crippen LogP contribution in [0.4, 0.5) is 17.3 Å². The first-order valence-corrected chi connectivity index (χ1v) is 17.0. The molecule has 3 heterocycles. The number of fused-ring (bicyclic) bond motifs is 1. The van der Waals surface area contributed by atoms with Crippen molar-refractivity contribution in [2.24, 2.45) is 0 Å². The van der Waals surface area contributed by atoms with Gasteiger partial charge in [0.1, 0.15) is 0 Å². The normalized spacial score (nSPS) is 14.1. The molecule has 0 unspecified atom stereocenters. The van der Waals surface area contributed by atoms with Crippen LogP contribution in [0.2, 0.25) is 0 Å². The molecule has 249 valence electrons. The maximum Gasteiger partial charge on any atom is 0.238 e. The molecule has 0 saturated carbocycles. The van der Waals surface area contributed by atoms with Crippen LogP contribution in [0.15, 0.2) is 121 Å². The second-order valence-electron chi connectivity index (χ2n) is 12.3. The summed E-state index contributed by atoms with van der Waals surface area (Å²) in [6.45, 7) is 8.89. The molecule has 2 aromatic heterocycles. The van der Waals surface area contributed by atoms with E-state index in [1.165, 1.54) is 11.1 Å². The Bertz CT molecular complexity index is 1960. The molecule has 0 bridgehead atoms. The summed E-state index contributed by atoms with van der Waals surface area (Å²) in [5, 5.41) is 0. The van der Waals surface area contributed by atoms with Crippen molar-refractivity contribution in [2.45, 2.75) is 64.6 Å². The molecule has 0 saturated heterocycles. The number of hydrogen-bond donors (Lipinski definition) is 0. The van der Waals surface area contributed by atoms with E-state index in [4.69, 9.17) is 24.7 Å². The minimum Gasteiger partial charge on any atom is -0.370 e. The van der Waals surface area contributed by atoms with Crippen LogP contribution in [-0.2, 0) is 36.0 Å². The van der Waals surface area contributed by atoms with Crippen LogP contribution in [-0.4, -0.2) is 19.9 Å². The van der Waals surface area contributed by atoms with E-state index in [-0.39, 0.29) is 31.3 Å². The van der Waals surface area contributed by atoms with Crippen molar-refractivity contribution in [3.63, 3.8) is 0 Å². The van der Waals surface area contributed by atoms with Crippen LogP contribution >= 0.6 is 0 Å². The molecule has 7 rings (SSSR count). The fourth-order valence-electron chi connectivity index (χ4n) is 6.96. The first-order valence-electron chi connectivity index (χ1n) is 17.0. The zero-order valence-corrected chi connectivity index (χ0v) is 30.7. The minimum absolute atomic E-state index is 0. The van der Waals surface area contributed by atoms with Crippen molar-refractivity contribution < 1.29 is 24.8 Å². The molecule has 49 heavy (non-hydrogen) atoms. The molecule has 1 aliphatic rings. The van der Waals surface area contributed by atoms with Gasteiger partial charge in [0, 0.05) is 48.8 Å². The number of ether oxygens (including phenoxy) is 1. The molecule has 0 aliphatic carbocycles. The van der Waals surface area contributed by atoms with E-state index in [2.05, 4.69) is 75.1 Å². The predicted molar refractivity (Wildman–Crippen MR) is 193 cm³/mol. The van der Waals surface area contributed by atoms with E-state index < -0.39 is 0 Å². The summed E-state index contributed by atoms with van der Waals surface area (Å²) >= 11 is 0. The number of rotatable bonds is 10. The summed E-state index contributed by atoms with van der Waals surface area (Å²) < 4.78 is 6.95. The van der Waals surface area contributed by atoms with Gasteiger partial charge in [0.2, 0.25) is 5.95 Å². The summed E-state index contributed by atoms with van der Waals surface area (Å²) in [4.78, 5) is 22.0. The van der Waals surface area contributed by atoms with Gasteiger partial charge in [-0.25, -0.2) is 4.98 Å². The van der Waals surface area contributed by atoms with Gasteiger partial charge in [-0.1, -0.05) is 118 Å². The Morgan fingerprint density at radius 1 is 0.612 bits per heavy atom. The summed E-state index contributed by atoms with van der Waals surface area (Å²) in [5.41, 5.74) is 7.39. The Labute approximate surface area is 303 Å². The van der Waals surface area contributed by atoms with Crippen LogP contribution in [0, 0.1) is 6.07 Å². The number of aromatic nitrogens is 4. The maximum atomic E-state index is 6.95. The van der Waals surface area contributed by atoms with E-state index in [1.54, 1.807) is 0 Å². The molecule has 1 radical (unpaired) electrons. The molecule has 0 spiro atoms. The Hall–Kier alpha value is -4.55. The Balaban J connectivity index is 0.00000417. The summed E-state index contributed by atoms with van der Waals surface area (Å²) in [7, 11) is 0. The van der Waals surface area contributed by atoms with E-state index in [9.17, 15) is 0 Å². The quantitative estimate of drug-likeness (QED) is 0.128. The SMILES string of the molecule is CCC1(CC)OC(CC)(CC)c2cc(-c3ccc(-c4nc(-c5ccccc5)nc(N(c5ccccc5)c5ccccc5)n4)cn3)[c-]cc21.[Ir]. The summed E-state index contributed by atoms with van der Waals surface area (Å²) in [6, 6.07) is 42.4. The van der Waals surface area contributed by atoms with E-state index >= 15 is 0 Å². The van der Waals surface area contributed by atoms with Gasteiger partial charge in [-0.3, -0.25) is 4.90 Å². The molecule has 0 atom stereocenters. The third-order valence-corrected chi connectivity index (χ3v) is 9.79. The molecule has 6 aromatic rings. The molecule has 0 N–H and O–H groups in total. The van der Waals surface area contributed by atoms with Crippen molar-refractivity contribution in [3.05, 3.63) is 139 Å². The molecular formula is C42H40IrN5O-. The van der Waals surface area contributed by atoms with Crippen LogP contribution in [0.3, 0.4) is 0 Å². The van der Waals surface area contributed by atoms with Gasteiger partial charge < -0.3 is 9.72 Å². The van der Waals surface area contributed by atoms with Crippen molar-refractivity contribution in [2.75, 3.05) is 4.90 Å². The van der Waals surface area contributed by atoms with Gasteiger partial charge in [-0.2, -0.15) is 9.97 Å². The van der Waals surface area contributed by atoms with Gasteiger partial charge in [0.15, 0.2) is 11.6 Å². The maximum absolute atomic E-state index is 6.95. The first-order chi connectivity index (χ1) is 23.5. The van der Waals surface area contributed by atoms with Gasteiger partial charge >= 0.3 is 0 Å². The van der Waals surface area contributed by atoms with Crippen LogP contribution in [0.5, 0.6) is 0 Å². The zero-order chi connectivity index (χ0) is 33.1. The average Bonchev–Trinajstić information content (AvgIpc) is 3.46. The molecule has 7 heteroatoms. The van der Waals surface area contributed by atoms with Crippen LogP contribution < -0.4 is 4.90 Å². The number of hydrogen-bond acceptors (Lipinski definition) is 6. The molecule has 0 amide bonds. The molecule has 6 nitrogen and oxygen atoms in total. The standard InChI is InChI=1S/C42H40N5O.Ir/c1-5-41(6-2)35-26-24-31(28-36(35)42(7-3,8-4)48-41)37-27-25-32(29-43-37)39-44-38(30-18-12-9-13-19-30)45-40(46-39)47(33-20-14-10-15-21-33)34-22-16-11-17-23-34;/h9-23,25-29H,5-8H2,1-4H3;/q-1;. The number of pyridine rings is 1. The summed E-state index contributed by atoms with van der Waals surface area (Å²) in [6.07, 6.45) is 5.56. The van der Waals surface area contributed by atoms with Crippen LogP contribution in [0.1, 0.15) is 64.5 Å². The van der Waals surface area contributed by atoms with Crippen molar-refractivity contribution in [1.82, 2.24) is 19.9 Å². The van der Waals surface area contributed by atoms with Gasteiger partial charge in [0.05, 0.1) is 11.2 Å². The smallest absolute Gasteiger partial charge is 0.238 e. The molecular weight excluding hydrogens is 783 g/mol. The zero-order valence-electron chi connectivity index (χ0n) is 28.4. The second-order valence-corrected chi connectivity index (χ2v) is 12.3. The van der Waals surface area contributed by atoms with Gasteiger partial charge in [0.25, 0.3) is 0 Å². The Morgan fingerprint density at radius 3 is 1.67 bits per heavy atom. The predicted octanol–water partition coefficient (Wildman–Crippen LogP) is 10.6. The second kappa shape index (κ2) is 14.5. The van der Waals surface area contributed by atoms with Crippen molar-refractivity contribution >= 4 is 17.3 Å². The minimum atomic E-state index is -0.302. The first kappa shape index (κ1) is 34.3. The molecule has 4 aromatic carbocycles. The number of anilines is 3. The topological polar surface area (TPSA) is 64.0 Å².